The lowest BCUT2D eigenvalue weighted by Crippen LogP contribution is -2.86. The van der Waals surface area contributed by atoms with Crippen LogP contribution in [0.4, 0.5) is 5.69 Å². The Morgan fingerprint density at radius 1 is 1.24 bits per heavy atom. The second-order valence-electron chi connectivity index (χ2n) is 12.1. The van der Waals surface area contributed by atoms with Gasteiger partial charge in [0.25, 0.3) is 0 Å². The molecule has 178 valence electrons. The Balaban J connectivity index is 1.47. The summed E-state index contributed by atoms with van der Waals surface area (Å²) in [6.45, 7) is 8.33. The number of hydrogen-bond donors (Lipinski definition) is 2. The molecule has 8 heteroatoms. The van der Waals surface area contributed by atoms with Crippen LogP contribution in [-0.4, -0.2) is 55.5 Å². The number of nitrogens with zero attached hydrogens (tertiary/aromatic N) is 2. The Morgan fingerprint density at radius 2 is 2.00 bits per heavy atom. The lowest BCUT2D eigenvalue weighted by molar-refractivity contribution is -0.368. The quantitative estimate of drug-likeness (QED) is 0.454. The van der Waals surface area contributed by atoms with Crippen molar-refractivity contribution >= 4 is 29.3 Å². The SMILES string of the molecule is CC1(C)C=Cc2c(ccc3c2[N+]([O-])=C2C(C)(C)[C@H]4C[C@]56CCCN5C(=O)[C@@]4(C[C@@]23O)NC6=O)O1. The second-order valence-corrected chi connectivity index (χ2v) is 12.1. The highest BCUT2D eigenvalue weighted by molar-refractivity contribution is 6.09. The number of hydrogen-bond acceptors (Lipinski definition) is 5. The zero-order valence-corrected chi connectivity index (χ0v) is 19.9. The number of amides is 2. The predicted octanol–water partition coefficient (Wildman–Crippen LogP) is 2.33. The molecule has 2 spiro atoms. The summed E-state index contributed by atoms with van der Waals surface area (Å²) in [4.78, 5) is 29.0. The minimum Gasteiger partial charge on any atom is -0.618 e. The fraction of sp³-hybridized carbons (Fsp3) is 0.577. The van der Waals surface area contributed by atoms with E-state index in [1.54, 1.807) is 17.0 Å². The average Bonchev–Trinajstić information content (AvgIpc) is 3.27. The van der Waals surface area contributed by atoms with Gasteiger partial charge in [0.2, 0.25) is 23.2 Å². The van der Waals surface area contributed by atoms with Crippen LogP contribution in [0.15, 0.2) is 18.2 Å². The van der Waals surface area contributed by atoms with Gasteiger partial charge in [-0.05, 0) is 71.2 Å². The Hall–Kier alpha value is -2.87. The number of piperidine rings is 2. The molecule has 0 aromatic heterocycles. The van der Waals surface area contributed by atoms with Crippen molar-refractivity contribution in [3.8, 4) is 5.75 Å². The number of nitrogens with one attached hydrogen (secondary N) is 1. The zero-order valence-electron chi connectivity index (χ0n) is 19.9. The highest BCUT2D eigenvalue weighted by atomic mass is 16.5. The lowest BCUT2D eigenvalue weighted by atomic mass is 9.47. The lowest BCUT2D eigenvalue weighted by Gasteiger charge is -2.65. The largest absolute Gasteiger partial charge is 0.618 e. The third-order valence-electron chi connectivity index (χ3n) is 9.47. The number of benzene rings is 1. The number of rotatable bonds is 0. The summed E-state index contributed by atoms with van der Waals surface area (Å²) in [6.07, 6.45) is 5.68. The van der Waals surface area contributed by atoms with Gasteiger partial charge in [-0.15, -0.1) is 0 Å². The van der Waals surface area contributed by atoms with Crippen molar-refractivity contribution in [2.45, 2.75) is 75.7 Å². The molecule has 1 aromatic rings. The number of piperazine rings is 1. The molecule has 0 radical (unpaired) electrons. The first kappa shape index (κ1) is 20.5. The van der Waals surface area contributed by atoms with Crippen molar-refractivity contribution in [3.63, 3.8) is 0 Å². The van der Waals surface area contributed by atoms with Crippen LogP contribution in [0.1, 0.15) is 64.5 Å². The molecule has 2 amide bonds. The van der Waals surface area contributed by atoms with E-state index >= 15 is 0 Å². The van der Waals surface area contributed by atoms with Crippen LogP contribution < -0.4 is 10.1 Å². The van der Waals surface area contributed by atoms with Gasteiger partial charge in [0, 0.05) is 18.9 Å². The van der Waals surface area contributed by atoms with Crippen molar-refractivity contribution in [2.75, 3.05) is 6.54 Å². The molecule has 2 bridgehead atoms. The summed E-state index contributed by atoms with van der Waals surface area (Å²) >= 11 is 0. The van der Waals surface area contributed by atoms with Crippen LogP contribution in [0.2, 0.25) is 0 Å². The van der Waals surface area contributed by atoms with Crippen molar-refractivity contribution in [3.05, 3.63) is 34.5 Å². The summed E-state index contributed by atoms with van der Waals surface area (Å²) in [5, 5.41) is 29.4. The smallest absolute Gasteiger partial charge is 0.249 e. The van der Waals surface area contributed by atoms with E-state index < -0.39 is 27.7 Å². The van der Waals surface area contributed by atoms with E-state index in [1.165, 1.54) is 0 Å². The van der Waals surface area contributed by atoms with E-state index in [2.05, 4.69) is 5.32 Å². The van der Waals surface area contributed by atoms with Gasteiger partial charge in [0.05, 0.1) is 16.5 Å². The van der Waals surface area contributed by atoms with E-state index in [9.17, 15) is 19.9 Å². The summed E-state index contributed by atoms with van der Waals surface area (Å²) in [5.74, 6) is 0.0652. The molecule has 0 unspecified atom stereocenters. The van der Waals surface area contributed by atoms with E-state index in [1.807, 2.05) is 39.8 Å². The zero-order chi connectivity index (χ0) is 24.1. The third kappa shape index (κ3) is 1.97. The Kier molecular flexibility index (Phi) is 3.32. The van der Waals surface area contributed by atoms with Crippen LogP contribution in [-0.2, 0) is 15.2 Å². The molecule has 1 saturated carbocycles. The van der Waals surface area contributed by atoms with Crippen molar-refractivity contribution in [1.29, 1.82) is 0 Å². The normalized spacial score (nSPS) is 39.7. The van der Waals surface area contributed by atoms with Crippen molar-refractivity contribution in [2.24, 2.45) is 11.3 Å². The van der Waals surface area contributed by atoms with Gasteiger partial charge < -0.3 is 25.3 Å². The Bertz CT molecular complexity index is 1300. The van der Waals surface area contributed by atoms with Crippen LogP contribution in [0.3, 0.4) is 0 Å². The first-order valence-electron chi connectivity index (χ1n) is 12.2. The highest BCUT2D eigenvalue weighted by Crippen LogP contribution is 2.64. The molecular weight excluding hydrogens is 434 g/mol. The molecule has 4 saturated heterocycles. The maximum Gasteiger partial charge on any atom is 0.249 e. The van der Waals surface area contributed by atoms with Crippen LogP contribution in [0.25, 0.3) is 6.08 Å². The third-order valence-corrected chi connectivity index (χ3v) is 9.47. The molecule has 6 heterocycles. The van der Waals surface area contributed by atoms with Gasteiger partial charge >= 0.3 is 0 Å². The summed E-state index contributed by atoms with van der Waals surface area (Å²) in [5.41, 5.74) is -3.25. The van der Waals surface area contributed by atoms with Crippen LogP contribution in [0.5, 0.6) is 5.75 Å². The first-order chi connectivity index (χ1) is 15.9. The number of ether oxygens (including phenoxy) is 1. The monoisotopic (exact) mass is 463 g/mol. The maximum absolute atomic E-state index is 14.0. The molecule has 7 aliphatic rings. The molecule has 8 nitrogen and oxygen atoms in total. The van der Waals surface area contributed by atoms with Crippen LogP contribution in [0, 0.1) is 16.5 Å². The molecule has 1 aromatic carbocycles. The van der Waals surface area contributed by atoms with Gasteiger partial charge in [-0.25, -0.2) is 0 Å². The van der Waals surface area contributed by atoms with E-state index in [-0.39, 0.29) is 24.2 Å². The minimum absolute atomic E-state index is 0.0405. The fourth-order valence-corrected chi connectivity index (χ4v) is 8.13. The van der Waals surface area contributed by atoms with Gasteiger partial charge in [-0.2, -0.15) is 4.74 Å². The fourth-order valence-electron chi connectivity index (χ4n) is 8.13. The van der Waals surface area contributed by atoms with Crippen LogP contribution >= 0.6 is 0 Å². The Morgan fingerprint density at radius 3 is 2.76 bits per heavy atom. The van der Waals surface area contributed by atoms with E-state index in [4.69, 9.17) is 4.74 Å². The molecule has 4 atom stereocenters. The number of aliphatic hydroxyl groups is 1. The van der Waals surface area contributed by atoms with Gasteiger partial charge in [0.15, 0.2) is 5.60 Å². The number of carbonyl (C=O) groups is 2. The summed E-state index contributed by atoms with van der Waals surface area (Å²) in [6, 6.07) is 3.53. The van der Waals surface area contributed by atoms with Crippen molar-refractivity contribution < 1.29 is 24.2 Å². The first-order valence-corrected chi connectivity index (χ1v) is 12.2. The molecule has 8 rings (SSSR count). The Labute approximate surface area is 197 Å². The predicted molar refractivity (Wildman–Crippen MR) is 123 cm³/mol. The highest BCUT2D eigenvalue weighted by Gasteiger charge is 2.79. The molecule has 34 heavy (non-hydrogen) atoms. The number of carbonyl (C=O) groups excluding carboxylic acids is 2. The average molecular weight is 464 g/mol. The second kappa shape index (κ2) is 5.51. The maximum atomic E-state index is 14.0. The minimum atomic E-state index is -1.67. The van der Waals surface area contributed by atoms with E-state index in [0.717, 1.165) is 11.2 Å². The topological polar surface area (TPSA) is 105 Å². The molecule has 6 aliphatic heterocycles. The molecular formula is C26H29N3O5. The van der Waals surface area contributed by atoms with Gasteiger partial charge in [-0.1, -0.05) is 0 Å². The van der Waals surface area contributed by atoms with Gasteiger partial charge in [-0.3, -0.25) is 9.59 Å². The standard InChI is InChI=1S/C26H29N3O5/c1-22(2)10-8-14-16(34-22)7-6-15-18(14)29(33)19-23(3,4)17-12-24-9-5-11-28(24)21(31)25(17,27-20(24)30)13-26(15,19)32/h6-8,10,17,32H,5,9,11-13H2,1-4H3,(H,27,30)/t17-,24+,25+,26+/m1/s1. The summed E-state index contributed by atoms with van der Waals surface area (Å²) < 4.78 is 6.97. The van der Waals surface area contributed by atoms with E-state index in [0.29, 0.717) is 47.7 Å². The molecule has 1 aliphatic carbocycles. The summed E-state index contributed by atoms with van der Waals surface area (Å²) in [7, 11) is 0. The number of fused-ring (bicyclic) bond motifs is 6. The van der Waals surface area contributed by atoms with Crippen molar-refractivity contribution in [1.82, 2.24) is 10.2 Å². The van der Waals surface area contributed by atoms with Gasteiger partial charge in [0.1, 0.15) is 22.4 Å². The molecule has 5 fully saturated rings. The molecule has 2 N–H and O–H groups in total.